The number of nitrogens with zero attached hydrogens (tertiary/aromatic N) is 2. The van der Waals surface area contributed by atoms with Gasteiger partial charge < -0.3 is 14.6 Å². The van der Waals surface area contributed by atoms with E-state index in [1.807, 2.05) is 0 Å². The van der Waals surface area contributed by atoms with E-state index in [4.69, 9.17) is 21.1 Å². The maximum atomic E-state index is 12.0. The Morgan fingerprint density at radius 1 is 1.33 bits per heavy atom. The van der Waals surface area contributed by atoms with E-state index in [0.29, 0.717) is 16.3 Å². The van der Waals surface area contributed by atoms with Gasteiger partial charge in [0.1, 0.15) is 5.75 Å². The number of carbonyl (C=O) groups excluding carboxylic acids is 1. The number of nitrogens with one attached hydrogen (secondary N) is 1. The van der Waals surface area contributed by atoms with Crippen molar-refractivity contribution in [3.63, 3.8) is 0 Å². The van der Waals surface area contributed by atoms with Gasteiger partial charge in [0.05, 0.1) is 43.4 Å². The molecule has 0 aromatic heterocycles. The number of hydrogen-bond donors (Lipinski definition) is 2. The minimum atomic E-state index is -0.652. The van der Waals surface area contributed by atoms with E-state index in [-0.39, 0.29) is 29.2 Å². The van der Waals surface area contributed by atoms with Crippen LogP contribution in [-0.4, -0.2) is 36.4 Å². The minimum absolute atomic E-state index is 0.00184. The second-order valence-electron chi connectivity index (χ2n) is 5.27. The number of benzene rings is 2. The SMILES string of the molecule is COc1ccc(Cl)c(CC(=O)N/N=C/c2cc(O)c(OC)cc2[N+](=O)[O-])c1. The molecule has 0 radical (unpaired) electrons. The molecular formula is C17H16ClN3O6. The summed E-state index contributed by atoms with van der Waals surface area (Å²) in [6, 6.07) is 7.07. The van der Waals surface area contributed by atoms with Crippen LogP contribution in [-0.2, 0) is 11.2 Å². The summed E-state index contributed by atoms with van der Waals surface area (Å²) in [7, 11) is 2.77. The third-order valence-electron chi connectivity index (χ3n) is 3.52. The number of rotatable bonds is 7. The van der Waals surface area contributed by atoms with Crippen molar-refractivity contribution in [3.05, 3.63) is 56.6 Å². The summed E-state index contributed by atoms with van der Waals surface area (Å²) in [5, 5.41) is 25.0. The van der Waals surface area contributed by atoms with Crippen molar-refractivity contribution < 1.29 is 24.3 Å². The zero-order valence-electron chi connectivity index (χ0n) is 14.4. The molecule has 27 heavy (non-hydrogen) atoms. The van der Waals surface area contributed by atoms with Crippen LogP contribution in [0.15, 0.2) is 35.4 Å². The highest BCUT2D eigenvalue weighted by atomic mass is 35.5. The van der Waals surface area contributed by atoms with Gasteiger partial charge in [0.25, 0.3) is 5.69 Å². The van der Waals surface area contributed by atoms with Crippen LogP contribution in [0.25, 0.3) is 0 Å². The molecule has 2 aromatic carbocycles. The maximum Gasteiger partial charge on any atom is 0.282 e. The summed E-state index contributed by atoms with van der Waals surface area (Å²) in [4.78, 5) is 22.5. The normalized spacial score (nSPS) is 10.6. The Hall–Kier alpha value is -3.33. The van der Waals surface area contributed by atoms with Gasteiger partial charge in [-0.15, -0.1) is 0 Å². The molecule has 0 aliphatic rings. The highest BCUT2D eigenvalue weighted by molar-refractivity contribution is 6.31. The Labute approximate surface area is 159 Å². The number of phenolic OH excluding ortho intramolecular Hbond substituents is 1. The van der Waals surface area contributed by atoms with Gasteiger partial charge in [0.2, 0.25) is 5.91 Å². The van der Waals surface area contributed by atoms with Crippen molar-refractivity contribution in [3.8, 4) is 17.2 Å². The molecule has 1 amide bonds. The first-order valence-electron chi connectivity index (χ1n) is 7.55. The van der Waals surface area contributed by atoms with Crippen LogP contribution in [0.4, 0.5) is 5.69 Å². The number of phenols is 1. The van der Waals surface area contributed by atoms with Gasteiger partial charge in [-0.2, -0.15) is 5.10 Å². The Bertz CT molecular complexity index is 900. The van der Waals surface area contributed by atoms with Gasteiger partial charge in [-0.05, 0) is 29.8 Å². The van der Waals surface area contributed by atoms with Crippen LogP contribution in [0.5, 0.6) is 17.2 Å². The third-order valence-corrected chi connectivity index (χ3v) is 3.89. The van der Waals surface area contributed by atoms with Crippen LogP contribution in [0.2, 0.25) is 5.02 Å². The third kappa shape index (κ3) is 5.08. The highest BCUT2D eigenvalue weighted by Crippen LogP contribution is 2.32. The van der Waals surface area contributed by atoms with Crippen LogP contribution in [0.3, 0.4) is 0 Å². The summed E-state index contributed by atoms with van der Waals surface area (Å²) < 4.78 is 9.92. The number of hydrazone groups is 1. The molecule has 0 heterocycles. The quantitative estimate of drug-likeness (QED) is 0.423. The second kappa shape index (κ2) is 8.86. The fourth-order valence-corrected chi connectivity index (χ4v) is 2.38. The molecule has 9 nitrogen and oxygen atoms in total. The highest BCUT2D eigenvalue weighted by Gasteiger charge is 2.17. The van der Waals surface area contributed by atoms with Crippen LogP contribution < -0.4 is 14.9 Å². The van der Waals surface area contributed by atoms with Crippen molar-refractivity contribution in [2.75, 3.05) is 14.2 Å². The average Bonchev–Trinajstić information content (AvgIpc) is 2.63. The summed E-state index contributed by atoms with van der Waals surface area (Å²) in [5.74, 6) is -0.272. The van der Waals surface area contributed by atoms with E-state index in [1.54, 1.807) is 18.2 Å². The Morgan fingerprint density at radius 3 is 2.70 bits per heavy atom. The Kier molecular flexibility index (Phi) is 6.56. The zero-order chi connectivity index (χ0) is 20.0. The zero-order valence-corrected chi connectivity index (χ0v) is 15.2. The summed E-state index contributed by atoms with van der Waals surface area (Å²) >= 11 is 6.04. The van der Waals surface area contributed by atoms with Gasteiger partial charge in [-0.25, -0.2) is 5.43 Å². The molecule has 142 valence electrons. The second-order valence-corrected chi connectivity index (χ2v) is 5.67. The predicted molar refractivity (Wildman–Crippen MR) is 98.8 cm³/mol. The van der Waals surface area contributed by atoms with Gasteiger partial charge in [0.15, 0.2) is 11.5 Å². The molecule has 0 fully saturated rings. The van der Waals surface area contributed by atoms with E-state index in [1.165, 1.54) is 14.2 Å². The molecule has 0 spiro atoms. The van der Waals surface area contributed by atoms with Crippen molar-refractivity contribution in [2.24, 2.45) is 5.10 Å². The van der Waals surface area contributed by atoms with Crippen molar-refractivity contribution in [1.29, 1.82) is 0 Å². The molecule has 0 atom stereocenters. The number of methoxy groups -OCH3 is 2. The topological polar surface area (TPSA) is 123 Å². The summed E-state index contributed by atoms with van der Waals surface area (Å²) in [6.07, 6.45) is 0.992. The van der Waals surface area contributed by atoms with Gasteiger partial charge >= 0.3 is 0 Å². The van der Waals surface area contributed by atoms with Crippen LogP contribution in [0.1, 0.15) is 11.1 Å². The molecule has 0 bridgehead atoms. The lowest BCUT2D eigenvalue weighted by Crippen LogP contribution is -2.20. The first-order chi connectivity index (χ1) is 12.8. The Balaban J connectivity index is 2.12. The average molecular weight is 394 g/mol. The first-order valence-corrected chi connectivity index (χ1v) is 7.93. The molecule has 0 aliphatic heterocycles. The van der Waals surface area contributed by atoms with Crippen molar-refractivity contribution >= 4 is 29.4 Å². The van der Waals surface area contributed by atoms with E-state index < -0.39 is 10.8 Å². The molecule has 0 unspecified atom stereocenters. The van der Waals surface area contributed by atoms with Crippen LogP contribution >= 0.6 is 11.6 Å². The lowest BCUT2D eigenvalue weighted by molar-refractivity contribution is -0.385. The number of nitro groups is 1. The van der Waals surface area contributed by atoms with E-state index in [2.05, 4.69) is 10.5 Å². The van der Waals surface area contributed by atoms with E-state index in [9.17, 15) is 20.0 Å². The van der Waals surface area contributed by atoms with Crippen LogP contribution in [0, 0.1) is 10.1 Å². The van der Waals surface area contributed by atoms with Gasteiger partial charge in [-0.3, -0.25) is 14.9 Å². The largest absolute Gasteiger partial charge is 0.504 e. The maximum absolute atomic E-state index is 12.0. The van der Waals surface area contributed by atoms with Gasteiger partial charge in [-0.1, -0.05) is 11.6 Å². The molecule has 2 rings (SSSR count). The lowest BCUT2D eigenvalue weighted by atomic mass is 10.1. The summed E-state index contributed by atoms with van der Waals surface area (Å²) in [6.45, 7) is 0. The number of ether oxygens (including phenoxy) is 2. The fraction of sp³-hybridized carbons (Fsp3) is 0.176. The minimum Gasteiger partial charge on any atom is -0.504 e. The fourth-order valence-electron chi connectivity index (χ4n) is 2.20. The Morgan fingerprint density at radius 2 is 2.07 bits per heavy atom. The molecule has 2 aromatic rings. The molecule has 2 N–H and O–H groups in total. The molecule has 0 aliphatic carbocycles. The number of hydrogen-bond acceptors (Lipinski definition) is 7. The van der Waals surface area contributed by atoms with E-state index >= 15 is 0 Å². The smallest absolute Gasteiger partial charge is 0.282 e. The number of aromatic hydroxyl groups is 1. The monoisotopic (exact) mass is 393 g/mol. The predicted octanol–water partition coefficient (Wildman–Crippen LogP) is 2.66. The van der Waals surface area contributed by atoms with E-state index in [0.717, 1.165) is 18.3 Å². The number of carbonyl (C=O) groups is 1. The van der Waals surface area contributed by atoms with Gasteiger partial charge in [0, 0.05) is 5.02 Å². The molecule has 0 saturated carbocycles. The summed E-state index contributed by atoms with van der Waals surface area (Å²) in [5.41, 5.74) is 2.46. The molecule has 10 heteroatoms. The molecular weight excluding hydrogens is 378 g/mol. The number of amides is 1. The lowest BCUT2D eigenvalue weighted by Gasteiger charge is -2.06. The first kappa shape index (κ1) is 20.0. The standard InChI is InChI=1S/C17H16ClN3O6/c1-26-12-3-4-13(18)10(5-12)7-17(23)20-19-9-11-6-15(22)16(27-2)8-14(11)21(24)25/h3-6,8-9,22H,7H2,1-2H3,(H,20,23)/b19-9+. The number of nitro benzene ring substituents is 1. The number of halogens is 1. The van der Waals surface area contributed by atoms with Crippen molar-refractivity contribution in [2.45, 2.75) is 6.42 Å². The molecule has 0 saturated heterocycles. The van der Waals surface area contributed by atoms with Crippen molar-refractivity contribution in [1.82, 2.24) is 5.43 Å².